The van der Waals surface area contributed by atoms with Crippen LogP contribution in [-0.2, 0) is 9.47 Å². The lowest BCUT2D eigenvalue weighted by Gasteiger charge is -2.19. The fraction of sp³-hybridized carbons (Fsp3) is 0.316. The van der Waals surface area contributed by atoms with Crippen LogP contribution in [0.3, 0.4) is 0 Å². The Balaban J connectivity index is 2.09. The molecule has 1 aromatic rings. The molecule has 116 valence electrons. The zero-order valence-electron chi connectivity index (χ0n) is 13.4. The highest BCUT2D eigenvalue weighted by atomic mass is 16.6. The molecule has 0 aliphatic carbocycles. The summed E-state index contributed by atoms with van der Waals surface area (Å²) in [7, 11) is 0. The molecule has 2 rings (SSSR count). The Kier molecular flexibility index (Phi) is 4.55. The van der Waals surface area contributed by atoms with Crippen LogP contribution in [0, 0.1) is 0 Å². The Morgan fingerprint density at radius 1 is 1.23 bits per heavy atom. The summed E-state index contributed by atoms with van der Waals surface area (Å²) in [5.41, 5.74) is 2.11. The van der Waals surface area contributed by atoms with Gasteiger partial charge >= 0.3 is 5.97 Å². The van der Waals surface area contributed by atoms with E-state index in [-0.39, 0.29) is 12.1 Å². The number of hydrogen-bond donors (Lipinski definition) is 0. The van der Waals surface area contributed by atoms with E-state index in [1.54, 1.807) is 24.3 Å². The molecular weight excluding hydrogens is 276 g/mol. The monoisotopic (exact) mass is 298 g/mol. The van der Waals surface area contributed by atoms with Gasteiger partial charge in [0.05, 0.1) is 5.56 Å². The molecule has 0 bridgehead atoms. The van der Waals surface area contributed by atoms with Gasteiger partial charge in [-0.3, -0.25) is 0 Å². The number of hydrogen-bond acceptors (Lipinski definition) is 3. The van der Waals surface area contributed by atoms with Crippen molar-refractivity contribution >= 4 is 5.97 Å². The lowest BCUT2D eigenvalue weighted by atomic mass is 10.0. The molecule has 0 N–H and O–H groups in total. The number of benzene rings is 1. The summed E-state index contributed by atoms with van der Waals surface area (Å²) >= 11 is 0. The molecule has 0 saturated carbocycles. The molecule has 1 unspecified atom stereocenters. The molecule has 0 saturated heterocycles. The third-order valence-corrected chi connectivity index (χ3v) is 3.34. The Morgan fingerprint density at radius 3 is 2.32 bits per heavy atom. The molecule has 1 aliphatic heterocycles. The van der Waals surface area contributed by atoms with Gasteiger partial charge in [0.25, 0.3) is 0 Å². The second-order valence-corrected chi connectivity index (χ2v) is 6.23. The van der Waals surface area contributed by atoms with Crippen LogP contribution in [-0.4, -0.2) is 11.6 Å². The first-order valence-corrected chi connectivity index (χ1v) is 7.32. The van der Waals surface area contributed by atoms with Gasteiger partial charge in [-0.1, -0.05) is 31.4 Å². The lowest BCUT2D eigenvalue weighted by Crippen LogP contribution is -2.23. The van der Waals surface area contributed by atoms with Crippen LogP contribution in [0.5, 0.6) is 0 Å². The summed E-state index contributed by atoms with van der Waals surface area (Å²) < 4.78 is 11.2. The van der Waals surface area contributed by atoms with E-state index in [1.807, 2.05) is 32.9 Å². The molecule has 0 aromatic heterocycles. The zero-order valence-corrected chi connectivity index (χ0v) is 13.4. The second kappa shape index (κ2) is 6.22. The van der Waals surface area contributed by atoms with Gasteiger partial charge in [0.15, 0.2) is 0 Å². The highest BCUT2D eigenvalue weighted by molar-refractivity contribution is 5.89. The van der Waals surface area contributed by atoms with E-state index in [9.17, 15) is 4.79 Å². The summed E-state index contributed by atoms with van der Waals surface area (Å²) in [6.07, 6.45) is 4.20. The number of ether oxygens (including phenoxy) is 2. The van der Waals surface area contributed by atoms with Crippen molar-refractivity contribution in [3.8, 4) is 0 Å². The summed E-state index contributed by atoms with van der Waals surface area (Å²) in [5.74, 6) is 0.458. The smallest absolute Gasteiger partial charge is 0.338 e. The van der Waals surface area contributed by atoms with Crippen molar-refractivity contribution in [3.05, 3.63) is 72.0 Å². The van der Waals surface area contributed by atoms with Gasteiger partial charge in [-0.2, -0.15) is 0 Å². The molecular formula is C19H22O3. The van der Waals surface area contributed by atoms with Crippen LogP contribution in [0.25, 0.3) is 0 Å². The molecule has 1 atom stereocenters. The van der Waals surface area contributed by atoms with Crippen LogP contribution >= 0.6 is 0 Å². The van der Waals surface area contributed by atoms with E-state index in [4.69, 9.17) is 9.47 Å². The molecule has 0 amide bonds. The summed E-state index contributed by atoms with van der Waals surface area (Å²) in [5, 5.41) is 0. The SMILES string of the molecule is C=CC1=C(C=C)OC(c2ccc(C(=O)OC(C)(C)C)cc2)C1. The molecule has 3 nitrogen and oxygen atoms in total. The normalized spacial score (nSPS) is 17.9. The second-order valence-electron chi connectivity index (χ2n) is 6.23. The van der Waals surface area contributed by atoms with Crippen molar-refractivity contribution in [3.63, 3.8) is 0 Å². The standard InChI is InChI=1S/C19H22O3/c1-6-13-12-17(21-16(13)7-2)14-8-10-15(11-9-14)18(20)22-19(3,4)5/h6-11,17H,1-2,12H2,3-5H3. The van der Waals surface area contributed by atoms with E-state index in [2.05, 4.69) is 13.2 Å². The number of carbonyl (C=O) groups is 1. The van der Waals surface area contributed by atoms with Crippen molar-refractivity contribution in [2.45, 2.75) is 38.9 Å². The van der Waals surface area contributed by atoms with Crippen molar-refractivity contribution in [1.29, 1.82) is 0 Å². The van der Waals surface area contributed by atoms with Crippen LogP contribution in [0.15, 0.2) is 60.9 Å². The molecule has 0 radical (unpaired) electrons. The maximum Gasteiger partial charge on any atom is 0.338 e. The minimum atomic E-state index is -0.494. The number of rotatable bonds is 4. The van der Waals surface area contributed by atoms with Gasteiger partial charge in [0, 0.05) is 6.42 Å². The molecule has 0 spiro atoms. The Bertz CT molecular complexity index is 595. The minimum absolute atomic E-state index is 0.0614. The van der Waals surface area contributed by atoms with Gasteiger partial charge in [-0.25, -0.2) is 4.79 Å². The van der Waals surface area contributed by atoms with Crippen molar-refractivity contribution in [2.24, 2.45) is 0 Å². The van der Waals surface area contributed by atoms with Gasteiger partial charge in [-0.15, -0.1) is 0 Å². The van der Waals surface area contributed by atoms with Crippen LogP contribution < -0.4 is 0 Å². The van der Waals surface area contributed by atoms with Crippen molar-refractivity contribution in [1.82, 2.24) is 0 Å². The topological polar surface area (TPSA) is 35.5 Å². The summed E-state index contributed by atoms with van der Waals surface area (Å²) in [4.78, 5) is 12.0. The van der Waals surface area contributed by atoms with Gasteiger partial charge in [-0.05, 0) is 50.1 Å². The predicted octanol–water partition coefficient (Wildman–Crippen LogP) is 4.73. The molecule has 1 aliphatic rings. The largest absolute Gasteiger partial charge is 0.485 e. The number of esters is 1. The zero-order chi connectivity index (χ0) is 16.3. The third-order valence-electron chi connectivity index (χ3n) is 3.34. The maximum atomic E-state index is 12.0. The van der Waals surface area contributed by atoms with Crippen molar-refractivity contribution in [2.75, 3.05) is 0 Å². The highest BCUT2D eigenvalue weighted by Crippen LogP contribution is 2.36. The minimum Gasteiger partial charge on any atom is -0.485 e. The number of allylic oxidation sites excluding steroid dienone is 2. The Morgan fingerprint density at radius 2 is 1.86 bits per heavy atom. The molecule has 3 heteroatoms. The van der Waals surface area contributed by atoms with Gasteiger partial charge < -0.3 is 9.47 Å². The molecule has 1 aromatic carbocycles. The predicted molar refractivity (Wildman–Crippen MR) is 87.5 cm³/mol. The first-order chi connectivity index (χ1) is 10.3. The first kappa shape index (κ1) is 16.1. The average Bonchev–Trinajstić information content (AvgIpc) is 2.89. The fourth-order valence-corrected chi connectivity index (χ4v) is 2.29. The first-order valence-electron chi connectivity index (χ1n) is 7.32. The number of carbonyl (C=O) groups excluding carboxylic acids is 1. The maximum absolute atomic E-state index is 12.0. The highest BCUT2D eigenvalue weighted by Gasteiger charge is 2.24. The lowest BCUT2D eigenvalue weighted by molar-refractivity contribution is 0.00694. The van der Waals surface area contributed by atoms with E-state index in [0.29, 0.717) is 5.56 Å². The Labute approximate surface area is 131 Å². The summed E-state index contributed by atoms with van der Waals surface area (Å²) in [6, 6.07) is 7.34. The van der Waals surface area contributed by atoms with E-state index in [1.165, 1.54) is 0 Å². The van der Waals surface area contributed by atoms with Crippen molar-refractivity contribution < 1.29 is 14.3 Å². The third kappa shape index (κ3) is 3.67. The Hall–Kier alpha value is -2.29. The summed E-state index contributed by atoms with van der Waals surface area (Å²) in [6.45, 7) is 13.1. The van der Waals surface area contributed by atoms with Gasteiger partial charge in [0.2, 0.25) is 0 Å². The van der Waals surface area contributed by atoms with Crippen LogP contribution in [0.2, 0.25) is 0 Å². The average molecular weight is 298 g/mol. The fourth-order valence-electron chi connectivity index (χ4n) is 2.29. The molecule has 22 heavy (non-hydrogen) atoms. The van der Waals surface area contributed by atoms with E-state index >= 15 is 0 Å². The van der Waals surface area contributed by atoms with Crippen LogP contribution in [0.1, 0.15) is 49.2 Å². The van der Waals surface area contributed by atoms with Gasteiger partial charge in [0.1, 0.15) is 17.5 Å². The molecule has 1 heterocycles. The quantitative estimate of drug-likeness (QED) is 0.754. The van der Waals surface area contributed by atoms with E-state index in [0.717, 1.165) is 23.3 Å². The van der Waals surface area contributed by atoms with E-state index < -0.39 is 5.60 Å². The van der Waals surface area contributed by atoms with Crippen LogP contribution in [0.4, 0.5) is 0 Å². The molecule has 0 fully saturated rings.